The number of benzene rings is 1. The first-order valence-corrected chi connectivity index (χ1v) is 8.74. The van der Waals surface area contributed by atoms with Gasteiger partial charge in [-0.1, -0.05) is 12.1 Å². The molecule has 1 aromatic carbocycles. The lowest BCUT2D eigenvalue weighted by atomic mass is 10.1. The van der Waals surface area contributed by atoms with Gasteiger partial charge in [0, 0.05) is 24.0 Å². The second kappa shape index (κ2) is 7.84. The highest BCUT2D eigenvalue weighted by Gasteiger charge is 2.30. The number of aromatic nitrogens is 3. The quantitative estimate of drug-likeness (QED) is 0.611. The van der Waals surface area contributed by atoms with Crippen LogP contribution in [0.25, 0.3) is 11.4 Å². The molecule has 0 aliphatic heterocycles. The SMILES string of the molecule is Cc1ccc(C(F)(F)F)cc1Nc1cc(-c2ccccn2)nc(NC(C)C)n1. The molecule has 2 heterocycles. The Balaban J connectivity index is 2.02. The average Bonchev–Trinajstić information content (AvgIpc) is 2.62. The van der Waals surface area contributed by atoms with Crippen molar-refractivity contribution in [1.82, 2.24) is 15.0 Å². The van der Waals surface area contributed by atoms with Crippen LogP contribution in [0.1, 0.15) is 25.0 Å². The highest BCUT2D eigenvalue weighted by atomic mass is 19.4. The summed E-state index contributed by atoms with van der Waals surface area (Å²) in [5.74, 6) is 0.742. The number of nitrogens with zero attached hydrogens (tertiary/aromatic N) is 3. The van der Waals surface area contributed by atoms with Crippen molar-refractivity contribution in [3.8, 4) is 11.4 Å². The summed E-state index contributed by atoms with van der Waals surface area (Å²) in [5, 5.41) is 6.11. The molecule has 0 amide bonds. The molecule has 0 fully saturated rings. The molecular weight excluding hydrogens is 367 g/mol. The number of nitrogens with one attached hydrogen (secondary N) is 2. The predicted octanol–water partition coefficient (Wildman–Crippen LogP) is 5.43. The molecule has 28 heavy (non-hydrogen) atoms. The monoisotopic (exact) mass is 387 g/mol. The first-order chi connectivity index (χ1) is 13.2. The van der Waals surface area contributed by atoms with Crippen LogP contribution in [0.5, 0.6) is 0 Å². The fourth-order valence-electron chi connectivity index (χ4n) is 2.55. The lowest BCUT2D eigenvalue weighted by Crippen LogP contribution is -2.14. The molecule has 0 saturated carbocycles. The van der Waals surface area contributed by atoms with Gasteiger partial charge in [0.2, 0.25) is 5.95 Å². The Bertz CT molecular complexity index is 956. The van der Waals surface area contributed by atoms with Gasteiger partial charge in [-0.05, 0) is 50.6 Å². The van der Waals surface area contributed by atoms with E-state index in [0.29, 0.717) is 34.4 Å². The fraction of sp³-hybridized carbons (Fsp3) is 0.250. The molecule has 0 atom stereocenters. The fourth-order valence-corrected chi connectivity index (χ4v) is 2.55. The maximum atomic E-state index is 13.1. The van der Waals surface area contributed by atoms with Crippen LogP contribution < -0.4 is 10.6 Å². The highest BCUT2D eigenvalue weighted by molar-refractivity contribution is 5.67. The van der Waals surface area contributed by atoms with Crippen molar-refractivity contribution in [2.75, 3.05) is 10.6 Å². The third-order valence-electron chi connectivity index (χ3n) is 3.90. The Morgan fingerprint density at radius 1 is 0.964 bits per heavy atom. The van der Waals surface area contributed by atoms with Gasteiger partial charge >= 0.3 is 6.18 Å². The standard InChI is InChI=1S/C20H20F3N5/c1-12(2)25-19-27-17(15-6-4-5-9-24-15)11-18(28-19)26-16-10-14(20(21,22)23)8-7-13(16)3/h4-12H,1-3H3,(H2,25,26,27,28). The normalized spacial score (nSPS) is 11.5. The average molecular weight is 387 g/mol. The minimum absolute atomic E-state index is 0.0853. The van der Waals surface area contributed by atoms with Crippen molar-refractivity contribution in [3.05, 3.63) is 59.8 Å². The van der Waals surface area contributed by atoms with Crippen molar-refractivity contribution < 1.29 is 13.2 Å². The maximum Gasteiger partial charge on any atom is 0.416 e. The molecule has 0 aliphatic rings. The predicted molar refractivity (Wildman–Crippen MR) is 103 cm³/mol. The molecular formula is C20H20F3N5. The molecule has 0 saturated heterocycles. The second-order valence-corrected chi connectivity index (χ2v) is 6.63. The number of hydrogen-bond donors (Lipinski definition) is 2. The van der Waals surface area contributed by atoms with Gasteiger partial charge in [0.1, 0.15) is 5.82 Å². The largest absolute Gasteiger partial charge is 0.416 e. The topological polar surface area (TPSA) is 62.7 Å². The summed E-state index contributed by atoms with van der Waals surface area (Å²) >= 11 is 0. The Labute approximate surface area is 161 Å². The third-order valence-corrected chi connectivity index (χ3v) is 3.90. The van der Waals surface area contributed by atoms with E-state index in [1.807, 2.05) is 19.9 Å². The zero-order valence-electron chi connectivity index (χ0n) is 15.7. The summed E-state index contributed by atoms with van der Waals surface area (Å²) in [6.07, 6.45) is -2.77. The van der Waals surface area contributed by atoms with Gasteiger partial charge in [0.25, 0.3) is 0 Å². The number of anilines is 3. The lowest BCUT2D eigenvalue weighted by Gasteiger charge is -2.15. The second-order valence-electron chi connectivity index (χ2n) is 6.63. The van der Waals surface area contributed by atoms with E-state index in [-0.39, 0.29) is 6.04 Å². The Morgan fingerprint density at radius 3 is 2.39 bits per heavy atom. The molecule has 2 N–H and O–H groups in total. The van der Waals surface area contributed by atoms with E-state index in [9.17, 15) is 13.2 Å². The van der Waals surface area contributed by atoms with E-state index in [2.05, 4.69) is 25.6 Å². The molecule has 0 bridgehead atoms. The van der Waals surface area contributed by atoms with Crippen LogP contribution in [0.2, 0.25) is 0 Å². The third kappa shape index (κ3) is 4.76. The van der Waals surface area contributed by atoms with Gasteiger partial charge in [-0.3, -0.25) is 4.98 Å². The summed E-state index contributed by atoms with van der Waals surface area (Å²) < 4.78 is 39.2. The number of aryl methyl sites for hydroxylation is 1. The molecule has 2 aromatic heterocycles. The molecule has 146 valence electrons. The molecule has 0 aliphatic carbocycles. The number of hydrogen-bond acceptors (Lipinski definition) is 5. The van der Waals surface area contributed by atoms with Crippen LogP contribution >= 0.6 is 0 Å². The molecule has 3 rings (SSSR count). The van der Waals surface area contributed by atoms with E-state index < -0.39 is 11.7 Å². The summed E-state index contributed by atoms with van der Waals surface area (Å²) in [6.45, 7) is 5.62. The van der Waals surface area contributed by atoms with E-state index >= 15 is 0 Å². The van der Waals surface area contributed by atoms with Crippen LogP contribution in [0.3, 0.4) is 0 Å². The Hall–Kier alpha value is -3.16. The molecule has 8 heteroatoms. The number of alkyl halides is 3. The van der Waals surface area contributed by atoms with Gasteiger partial charge in [0.05, 0.1) is 17.0 Å². The summed E-state index contributed by atoms with van der Waals surface area (Å²) in [5.41, 5.74) is 1.48. The smallest absolute Gasteiger partial charge is 0.352 e. The lowest BCUT2D eigenvalue weighted by molar-refractivity contribution is -0.137. The van der Waals surface area contributed by atoms with Crippen LogP contribution in [0, 0.1) is 6.92 Å². The van der Waals surface area contributed by atoms with Crippen LogP contribution in [0.15, 0.2) is 48.7 Å². The summed E-state index contributed by atoms with van der Waals surface area (Å²) in [7, 11) is 0. The van der Waals surface area contributed by atoms with E-state index in [1.165, 1.54) is 6.07 Å². The first kappa shape index (κ1) is 19.6. The molecule has 3 aromatic rings. The molecule has 0 spiro atoms. The number of halogens is 3. The van der Waals surface area contributed by atoms with Gasteiger partial charge < -0.3 is 10.6 Å². The summed E-state index contributed by atoms with van der Waals surface area (Å²) in [4.78, 5) is 13.1. The minimum Gasteiger partial charge on any atom is -0.352 e. The van der Waals surface area contributed by atoms with Crippen molar-refractivity contribution in [3.63, 3.8) is 0 Å². The zero-order valence-corrected chi connectivity index (χ0v) is 15.7. The van der Waals surface area contributed by atoms with Crippen LogP contribution in [-0.2, 0) is 6.18 Å². The zero-order chi connectivity index (χ0) is 20.3. The van der Waals surface area contributed by atoms with Gasteiger partial charge in [-0.15, -0.1) is 0 Å². The van der Waals surface area contributed by atoms with Crippen molar-refractivity contribution in [2.45, 2.75) is 33.0 Å². The van der Waals surface area contributed by atoms with E-state index in [1.54, 1.807) is 31.3 Å². The molecule has 5 nitrogen and oxygen atoms in total. The summed E-state index contributed by atoms with van der Waals surface area (Å²) in [6, 6.07) is 10.8. The van der Waals surface area contributed by atoms with Crippen molar-refractivity contribution in [2.24, 2.45) is 0 Å². The molecule has 0 radical (unpaired) electrons. The highest BCUT2D eigenvalue weighted by Crippen LogP contribution is 2.33. The van der Waals surface area contributed by atoms with E-state index in [0.717, 1.165) is 12.1 Å². The van der Waals surface area contributed by atoms with Gasteiger partial charge in [-0.2, -0.15) is 18.2 Å². The van der Waals surface area contributed by atoms with Crippen LogP contribution in [-0.4, -0.2) is 21.0 Å². The van der Waals surface area contributed by atoms with Crippen molar-refractivity contribution >= 4 is 17.5 Å². The Kier molecular flexibility index (Phi) is 5.48. The number of pyridine rings is 1. The van der Waals surface area contributed by atoms with Gasteiger partial charge in [0.15, 0.2) is 0 Å². The van der Waals surface area contributed by atoms with Crippen molar-refractivity contribution in [1.29, 1.82) is 0 Å². The molecule has 0 unspecified atom stereocenters. The Morgan fingerprint density at radius 2 is 1.75 bits per heavy atom. The first-order valence-electron chi connectivity index (χ1n) is 8.74. The maximum absolute atomic E-state index is 13.1. The van der Waals surface area contributed by atoms with E-state index in [4.69, 9.17) is 0 Å². The van der Waals surface area contributed by atoms with Crippen LogP contribution in [0.4, 0.5) is 30.6 Å². The minimum atomic E-state index is -4.42. The number of rotatable bonds is 5. The van der Waals surface area contributed by atoms with Gasteiger partial charge in [-0.25, -0.2) is 4.98 Å².